The summed E-state index contributed by atoms with van der Waals surface area (Å²) < 4.78 is 0. The first-order chi connectivity index (χ1) is 8.34. The molecule has 96 valence electrons. The maximum absolute atomic E-state index is 11.5. The Balaban J connectivity index is 2.81. The number of benzene rings is 1. The molecule has 0 spiro atoms. The van der Waals surface area contributed by atoms with Gasteiger partial charge in [-0.15, -0.1) is 0 Å². The van der Waals surface area contributed by atoms with Crippen molar-refractivity contribution < 1.29 is 4.79 Å². The lowest BCUT2D eigenvalue weighted by Crippen LogP contribution is -2.25. The van der Waals surface area contributed by atoms with E-state index < -0.39 is 0 Å². The summed E-state index contributed by atoms with van der Waals surface area (Å²) in [7, 11) is 0. The van der Waals surface area contributed by atoms with Gasteiger partial charge in [-0.05, 0) is 29.0 Å². The van der Waals surface area contributed by atoms with Crippen LogP contribution in [0.1, 0.15) is 37.5 Å². The first-order valence-electron chi connectivity index (χ1n) is 6.08. The number of carbonyl (C=O) groups excluding carboxylic acids is 1. The van der Waals surface area contributed by atoms with Gasteiger partial charge < -0.3 is 5.32 Å². The first-order valence-corrected chi connectivity index (χ1v) is 6.08. The van der Waals surface area contributed by atoms with E-state index in [1.165, 1.54) is 5.56 Å². The van der Waals surface area contributed by atoms with Crippen LogP contribution in [0, 0.1) is 18.3 Å². The zero-order valence-electron chi connectivity index (χ0n) is 11.5. The Bertz CT molecular complexity index is 478. The highest BCUT2D eigenvalue weighted by Crippen LogP contribution is 2.24. The number of aryl methyl sites for hydroxylation is 1. The largest absolute Gasteiger partial charge is 0.343 e. The lowest BCUT2D eigenvalue weighted by atomic mass is 9.85. The molecule has 0 aliphatic carbocycles. The Morgan fingerprint density at radius 3 is 2.56 bits per heavy atom. The van der Waals surface area contributed by atoms with Gasteiger partial charge in [0.15, 0.2) is 0 Å². The van der Waals surface area contributed by atoms with Gasteiger partial charge in [0, 0.05) is 0 Å². The van der Waals surface area contributed by atoms with Crippen molar-refractivity contribution in [1.29, 1.82) is 5.26 Å². The number of nitriles is 1. The van der Waals surface area contributed by atoms with Crippen LogP contribution in [0.3, 0.4) is 0 Å². The molecule has 0 bridgehead atoms. The fraction of sp³-hybridized carbons (Fsp3) is 0.467. The van der Waals surface area contributed by atoms with Crippen molar-refractivity contribution in [3.8, 4) is 6.07 Å². The van der Waals surface area contributed by atoms with E-state index in [1.807, 2.05) is 19.1 Å². The van der Waals surface area contributed by atoms with Crippen LogP contribution >= 0.6 is 0 Å². The fourth-order valence-corrected chi connectivity index (χ4v) is 1.73. The summed E-state index contributed by atoms with van der Waals surface area (Å²) >= 11 is 0. The number of hydrogen-bond donors (Lipinski definition) is 1. The average Bonchev–Trinajstić information content (AvgIpc) is 2.27. The van der Waals surface area contributed by atoms with Gasteiger partial charge in [-0.25, -0.2) is 0 Å². The molecule has 1 aromatic rings. The van der Waals surface area contributed by atoms with Gasteiger partial charge in [-0.2, -0.15) is 5.26 Å². The first kappa shape index (κ1) is 14.2. The van der Waals surface area contributed by atoms with Crippen molar-refractivity contribution in [3.63, 3.8) is 0 Å². The molecule has 0 fully saturated rings. The maximum Gasteiger partial charge on any atom is 0.225 e. The summed E-state index contributed by atoms with van der Waals surface area (Å²) in [5.74, 6) is -0.108. The third-order valence-electron chi connectivity index (χ3n) is 2.92. The molecular weight excluding hydrogens is 224 g/mol. The van der Waals surface area contributed by atoms with E-state index in [0.29, 0.717) is 6.42 Å². The minimum Gasteiger partial charge on any atom is -0.343 e. The normalized spacial score (nSPS) is 10.8. The molecule has 0 aliphatic heterocycles. The second kappa shape index (κ2) is 5.68. The summed E-state index contributed by atoms with van der Waals surface area (Å²) in [5.41, 5.74) is 3.51. The molecule has 0 aromatic heterocycles. The molecule has 1 aromatic carbocycles. The SMILES string of the molecule is Cc1cc(C(C)(C)C)ccc1CC(=O)NCC#N. The number of amides is 1. The van der Waals surface area contributed by atoms with Crippen LogP contribution in [-0.2, 0) is 16.6 Å². The van der Waals surface area contributed by atoms with E-state index in [-0.39, 0.29) is 17.9 Å². The summed E-state index contributed by atoms with van der Waals surface area (Å²) in [6.45, 7) is 8.59. The Labute approximate surface area is 109 Å². The molecule has 3 nitrogen and oxygen atoms in total. The van der Waals surface area contributed by atoms with Crippen LogP contribution < -0.4 is 5.32 Å². The van der Waals surface area contributed by atoms with Crippen molar-refractivity contribution in [2.45, 2.75) is 39.5 Å². The van der Waals surface area contributed by atoms with Gasteiger partial charge in [0.2, 0.25) is 5.91 Å². The minimum absolute atomic E-state index is 0.0674. The highest BCUT2D eigenvalue weighted by molar-refractivity contribution is 5.79. The van der Waals surface area contributed by atoms with Gasteiger partial charge >= 0.3 is 0 Å². The molecule has 0 saturated carbocycles. The topological polar surface area (TPSA) is 52.9 Å². The number of nitrogens with one attached hydrogen (secondary N) is 1. The smallest absolute Gasteiger partial charge is 0.225 e. The van der Waals surface area contributed by atoms with Gasteiger partial charge in [0.25, 0.3) is 0 Å². The summed E-state index contributed by atoms with van der Waals surface area (Å²) in [5, 5.41) is 10.9. The van der Waals surface area contributed by atoms with Gasteiger partial charge in [-0.1, -0.05) is 39.0 Å². The Kier molecular flexibility index (Phi) is 4.49. The standard InChI is InChI=1S/C15H20N2O/c1-11-9-13(15(2,3)4)6-5-12(11)10-14(18)17-8-7-16/h5-6,9H,8,10H2,1-4H3,(H,17,18). The van der Waals surface area contributed by atoms with Crippen molar-refractivity contribution in [3.05, 3.63) is 34.9 Å². The van der Waals surface area contributed by atoms with Gasteiger partial charge in [-0.3, -0.25) is 4.79 Å². The van der Waals surface area contributed by atoms with E-state index in [0.717, 1.165) is 11.1 Å². The third kappa shape index (κ3) is 3.89. The molecule has 0 saturated heterocycles. The number of carbonyl (C=O) groups is 1. The Morgan fingerprint density at radius 2 is 2.06 bits per heavy atom. The van der Waals surface area contributed by atoms with E-state index in [2.05, 4.69) is 38.2 Å². The number of nitrogens with zero attached hydrogens (tertiary/aromatic N) is 1. The lowest BCUT2D eigenvalue weighted by molar-refractivity contribution is -0.120. The van der Waals surface area contributed by atoms with Gasteiger partial charge in [0.1, 0.15) is 6.54 Å². The van der Waals surface area contributed by atoms with E-state index in [4.69, 9.17) is 5.26 Å². The molecule has 0 heterocycles. The van der Waals surface area contributed by atoms with Crippen LogP contribution in [0.25, 0.3) is 0 Å². The summed E-state index contributed by atoms with van der Waals surface area (Å²) in [6, 6.07) is 8.10. The second-order valence-corrected chi connectivity index (χ2v) is 5.50. The van der Waals surface area contributed by atoms with Crippen molar-refractivity contribution in [1.82, 2.24) is 5.32 Å². The maximum atomic E-state index is 11.5. The predicted molar refractivity (Wildman–Crippen MR) is 72.2 cm³/mol. The fourth-order valence-electron chi connectivity index (χ4n) is 1.73. The van der Waals surface area contributed by atoms with E-state index in [1.54, 1.807) is 0 Å². The monoisotopic (exact) mass is 244 g/mol. The van der Waals surface area contributed by atoms with E-state index in [9.17, 15) is 4.79 Å². The predicted octanol–water partition coefficient (Wildman–Crippen LogP) is 2.47. The van der Waals surface area contributed by atoms with Crippen molar-refractivity contribution in [2.75, 3.05) is 6.54 Å². The molecule has 0 aliphatic rings. The Morgan fingerprint density at radius 1 is 1.39 bits per heavy atom. The zero-order valence-corrected chi connectivity index (χ0v) is 11.5. The molecule has 3 heteroatoms. The number of hydrogen-bond acceptors (Lipinski definition) is 2. The Hall–Kier alpha value is -1.82. The third-order valence-corrected chi connectivity index (χ3v) is 2.92. The summed E-state index contributed by atoms with van der Waals surface area (Å²) in [6.07, 6.45) is 0.331. The van der Waals surface area contributed by atoms with E-state index >= 15 is 0 Å². The molecular formula is C15H20N2O. The highest BCUT2D eigenvalue weighted by atomic mass is 16.1. The minimum atomic E-state index is -0.108. The average molecular weight is 244 g/mol. The van der Waals surface area contributed by atoms with Crippen LogP contribution in [-0.4, -0.2) is 12.5 Å². The lowest BCUT2D eigenvalue weighted by Gasteiger charge is -2.20. The van der Waals surface area contributed by atoms with Gasteiger partial charge in [0.05, 0.1) is 12.5 Å². The molecule has 0 radical (unpaired) electrons. The highest BCUT2D eigenvalue weighted by Gasteiger charge is 2.15. The molecule has 1 amide bonds. The van der Waals surface area contributed by atoms with Crippen LogP contribution in [0.5, 0.6) is 0 Å². The second-order valence-electron chi connectivity index (χ2n) is 5.50. The van der Waals surface area contributed by atoms with Crippen molar-refractivity contribution in [2.24, 2.45) is 0 Å². The molecule has 1 N–H and O–H groups in total. The number of rotatable bonds is 3. The van der Waals surface area contributed by atoms with Crippen molar-refractivity contribution >= 4 is 5.91 Å². The zero-order chi connectivity index (χ0) is 13.8. The molecule has 1 rings (SSSR count). The van der Waals surface area contributed by atoms with Crippen LogP contribution in [0.2, 0.25) is 0 Å². The quantitative estimate of drug-likeness (QED) is 0.830. The molecule has 0 unspecified atom stereocenters. The summed E-state index contributed by atoms with van der Waals surface area (Å²) in [4.78, 5) is 11.5. The molecule has 18 heavy (non-hydrogen) atoms. The van der Waals surface area contributed by atoms with Crippen LogP contribution in [0.15, 0.2) is 18.2 Å². The van der Waals surface area contributed by atoms with Crippen LogP contribution in [0.4, 0.5) is 0 Å². The molecule has 0 atom stereocenters.